The number of nitrogens with zero attached hydrogens (tertiary/aromatic N) is 1. The summed E-state index contributed by atoms with van der Waals surface area (Å²) in [5.74, 6) is 4.66. The van der Waals surface area contributed by atoms with Crippen LogP contribution in [0.3, 0.4) is 0 Å². The van der Waals surface area contributed by atoms with Crippen molar-refractivity contribution in [2.75, 3.05) is 26.7 Å². The first kappa shape index (κ1) is 22.5. The molecule has 0 heterocycles. The van der Waals surface area contributed by atoms with Crippen LogP contribution in [0.4, 0.5) is 13.2 Å². The highest BCUT2D eigenvalue weighted by Crippen LogP contribution is 2.29. The van der Waals surface area contributed by atoms with Crippen molar-refractivity contribution in [3.8, 4) is 11.8 Å². The van der Waals surface area contributed by atoms with Gasteiger partial charge in [-0.3, -0.25) is 14.5 Å². The lowest BCUT2D eigenvalue weighted by Gasteiger charge is -2.23. The summed E-state index contributed by atoms with van der Waals surface area (Å²) in [6.45, 7) is 5.66. The van der Waals surface area contributed by atoms with Crippen LogP contribution in [0.15, 0.2) is 24.3 Å². The summed E-state index contributed by atoms with van der Waals surface area (Å²) < 4.78 is 37.9. The number of amides is 2. The lowest BCUT2D eigenvalue weighted by molar-refractivity contribution is -0.137. The zero-order valence-corrected chi connectivity index (χ0v) is 15.8. The highest BCUT2D eigenvalue weighted by Gasteiger charge is 2.30. The molecule has 0 spiro atoms. The molecule has 1 aromatic rings. The maximum Gasteiger partial charge on any atom is 0.416 e. The Bertz CT molecular complexity index is 728. The van der Waals surface area contributed by atoms with E-state index in [0.29, 0.717) is 0 Å². The van der Waals surface area contributed by atoms with Crippen LogP contribution >= 0.6 is 0 Å². The molecular weight excluding hydrogens is 359 g/mol. The molecule has 0 fully saturated rings. The Morgan fingerprint density at radius 2 is 1.74 bits per heavy atom. The van der Waals surface area contributed by atoms with Crippen molar-refractivity contribution in [3.63, 3.8) is 0 Å². The van der Waals surface area contributed by atoms with Gasteiger partial charge in [0.2, 0.25) is 11.8 Å². The first-order valence-electron chi connectivity index (χ1n) is 8.29. The Morgan fingerprint density at radius 3 is 2.33 bits per heavy atom. The highest BCUT2D eigenvalue weighted by atomic mass is 19.4. The number of halogens is 3. The van der Waals surface area contributed by atoms with E-state index in [2.05, 4.69) is 22.5 Å². The van der Waals surface area contributed by atoms with Crippen LogP contribution in [-0.4, -0.2) is 48.9 Å². The van der Waals surface area contributed by atoms with Crippen LogP contribution in [0.25, 0.3) is 0 Å². The second kappa shape index (κ2) is 9.42. The summed E-state index contributed by atoms with van der Waals surface area (Å²) in [7, 11) is 1.64. The number of hydrogen-bond acceptors (Lipinski definition) is 3. The van der Waals surface area contributed by atoms with Crippen LogP contribution in [0.2, 0.25) is 0 Å². The van der Waals surface area contributed by atoms with E-state index in [1.54, 1.807) is 11.9 Å². The van der Waals surface area contributed by atoms with Crippen LogP contribution < -0.4 is 10.6 Å². The van der Waals surface area contributed by atoms with Gasteiger partial charge in [0.05, 0.1) is 25.2 Å². The monoisotopic (exact) mass is 383 g/mol. The molecule has 0 saturated carbocycles. The Kier molecular flexibility index (Phi) is 7.85. The average molecular weight is 383 g/mol. The number of benzene rings is 1. The molecule has 0 atom stereocenters. The van der Waals surface area contributed by atoms with Gasteiger partial charge in [-0.2, -0.15) is 13.2 Å². The molecule has 0 aliphatic rings. The molecule has 0 aromatic heterocycles. The fourth-order valence-electron chi connectivity index (χ4n) is 2.12. The van der Waals surface area contributed by atoms with Gasteiger partial charge < -0.3 is 10.6 Å². The van der Waals surface area contributed by atoms with E-state index >= 15 is 0 Å². The largest absolute Gasteiger partial charge is 0.416 e. The van der Waals surface area contributed by atoms with Gasteiger partial charge >= 0.3 is 6.18 Å². The second-order valence-corrected chi connectivity index (χ2v) is 7.13. The third-order valence-corrected chi connectivity index (χ3v) is 3.14. The molecule has 0 saturated heterocycles. The van der Waals surface area contributed by atoms with E-state index in [1.165, 1.54) is 12.1 Å². The third-order valence-electron chi connectivity index (χ3n) is 3.14. The Morgan fingerprint density at radius 1 is 1.11 bits per heavy atom. The minimum atomic E-state index is -4.42. The van der Waals surface area contributed by atoms with Crippen molar-refractivity contribution in [1.82, 2.24) is 15.5 Å². The van der Waals surface area contributed by atoms with E-state index in [4.69, 9.17) is 0 Å². The van der Waals surface area contributed by atoms with Gasteiger partial charge in [0, 0.05) is 11.1 Å². The zero-order valence-electron chi connectivity index (χ0n) is 15.8. The van der Waals surface area contributed by atoms with E-state index in [0.717, 1.165) is 12.1 Å². The normalized spacial score (nSPS) is 11.6. The molecule has 27 heavy (non-hydrogen) atoms. The minimum absolute atomic E-state index is 0.00278. The van der Waals surface area contributed by atoms with E-state index < -0.39 is 11.7 Å². The van der Waals surface area contributed by atoms with Crippen molar-refractivity contribution < 1.29 is 22.8 Å². The lowest BCUT2D eigenvalue weighted by Crippen LogP contribution is -2.46. The molecule has 0 radical (unpaired) electrons. The summed E-state index contributed by atoms with van der Waals surface area (Å²) in [6.07, 6.45) is -4.42. The summed E-state index contributed by atoms with van der Waals surface area (Å²) >= 11 is 0. The fraction of sp³-hybridized carbons (Fsp3) is 0.474. The number of alkyl halides is 3. The van der Waals surface area contributed by atoms with Crippen LogP contribution in [0, 0.1) is 11.8 Å². The van der Waals surface area contributed by atoms with Gasteiger partial charge in [-0.05, 0) is 46.0 Å². The zero-order chi connectivity index (χ0) is 20.7. The molecule has 0 aliphatic heterocycles. The Labute approximate surface area is 157 Å². The van der Waals surface area contributed by atoms with Crippen molar-refractivity contribution >= 4 is 11.8 Å². The molecular formula is C19H24F3N3O2. The number of nitrogens with one attached hydrogen (secondary N) is 2. The van der Waals surface area contributed by atoms with Gasteiger partial charge in [-0.15, -0.1) is 0 Å². The number of carbonyl (C=O) groups is 2. The average Bonchev–Trinajstić information content (AvgIpc) is 2.48. The minimum Gasteiger partial charge on any atom is -0.350 e. The number of rotatable bonds is 5. The van der Waals surface area contributed by atoms with Gasteiger partial charge in [0.1, 0.15) is 0 Å². The molecule has 0 unspecified atom stereocenters. The van der Waals surface area contributed by atoms with E-state index in [9.17, 15) is 22.8 Å². The first-order valence-corrected chi connectivity index (χ1v) is 8.29. The van der Waals surface area contributed by atoms with Gasteiger partial charge in [0.25, 0.3) is 0 Å². The maximum atomic E-state index is 12.6. The molecule has 0 bridgehead atoms. The summed E-state index contributed by atoms with van der Waals surface area (Å²) in [4.78, 5) is 25.1. The van der Waals surface area contributed by atoms with Crippen molar-refractivity contribution in [1.29, 1.82) is 0 Å². The predicted molar refractivity (Wildman–Crippen MR) is 96.7 cm³/mol. The molecule has 2 amide bonds. The Balaban J connectivity index is 2.44. The van der Waals surface area contributed by atoms with Gasteiger partial charge in [-0.25, -0.2) is 0 Å². The predicted octanol–water partition coefficient (Wildman–Crippen LogP) is 2.02. The molecule has 2 N–H and O–H groups in total. The van der Waals surface area contributed by atoms with Crippen molar-refractivity contribution in [2.24, 2.45) is 0 Å². The van der Waals surface area contributed by atoms with Gasteiger partial charge in [-0.1, -0.05) is 17.9 Å². The Hall–Kier alpha value is -2.53. The quantitative estimate of drug-likeness (QED) is 0.765. The molecule has 5 nitrogen and oxygen atoms in total. The first-order chi connectivity index (χ1) is 12.4. The van der Waals surface area contributed by atoms with Crippen molar-refractivity contribution in [2.45, 2.75) is 32.5 Å². The van der Waals surface area contributed by atoms with Crippen LogP contribution in [0.1, 0.15) is 31.9 Å². The van der Waals surface area contributed by atoms with Crippen molar-refractivity contribution in [3.05, 3.63) is 35.4 Å². The SMILES string of the molecule is CN(CC(=O)NCC#Cc1cccc(C(F)(F)F)c1)CC(=O)NC(C)(C)C. The summed E-state index contributed by atoms with van der Waals surface area (Å²) in [6, 6.07) is 4.67. The summed E-state index contributed by atoms with van der Waals surface area (Å²) in [5.41, 5.74) is -0.900. The summed E-state index contributed by atoms with van der Waals surface area (Å²) in [5, 5.41) is 5.34. The molecule has 1 rings (SSSR count). The molecule has 8 heteroatoms. The topological polar surface area (TPSA) is 61.4 Å². The van der Waals surface area contributed by atoms with Crippen LogP contribution in [-0.2, 0) is 15.8 Å². The fourth-order valence-corrected chi connectivity index (χ4v) is 2.12. The standard InChI is InChI=1S/C19H24F3N3O2/c1-18(2,3)24-17(27)13-25(4)12-16(26)23-10-6-8-14-7-5-9-15(11-14)19(20,21)22/h5,7,9,11H,10,12-13H2,1-4H3,(H,23,26)(H,24,27). The lowest BCUT2D eigenvalue weighted by atomic mass is 10.1. The van der Waals surface area contributed by atoms with Gasteiger partial charge in [0.15, 0.2) is 0 Å². The van der Waals surface area contributed by atoms with E-state index in [-0.39, 0.29) is 42.6 Å². The molecule has 1 aromatic carbocycles. The highest BCUT2D eigenvalue weighted by molar-refractivity contribution is 5.81. The molecule has 0 aliphatic carbocycles. The third kappa shape index (κ3) is 9.66. The number of hydrogen-bond donors (Lipinski definition) is 2. The van der Waals surface area contributed by atoms with Crippen LogP contribution in [0.5, 0.6) is 0 Å². The molecule has 148 valence electrons. The number of likely N-dealkylation sites (N-methyl/N-ethyl adjacent to an activating group) is 1. The number of carbonyl (C=O) groups excluding carboxylic acids is 2. The maximum absolute atomic E-state index is 12.6. The van der Waals surface area contributed by atoms with E-state index in [1.807, 2.05) is 20.8 Å². The second-order valence-electron chi connectivity index (χ2n) is 7.13. The smallest absolute Gasteiger partial charge is 0.350 e.